The van der Waals surface area contributed by atoms with E-state index in [1.165, 1.54) is 78.6 Å². The van der Waals surface area contributed by atoms with E-state index in [9.17, 15) is 15.2 Å². The van der Waals surface area contributed by atoms with Crippen molar-refractivity contribution < 1.29 is 57.3 Å². The van der Waals surface area contributed by atoms with Crippen LogP contribution in [0.3, 0.4) is 0 Å². The Morgan fingerprint density at radius 3 is 1.29 bits per heavy atom. The maximum Gasteiger partial charge on any atom is 0.346 e. The third kappa shape index (κ3) is 15.3. The van der Waals surface area contributed by atoms with Gasteiger partial charge in [0.1, 0.15) is 79.3 Å². The predicted octanol–water partition coefficient (Wildman–Crippen LogP) is 19.2. The summed E-state index contributed by atoms with van der Waals surface area (Å²) >= 11 is 4.27. The number of carboxylic acids is 1. The third-order valence-electron chi connectivity index (χ3n) is 15.3. The van der Waals surface area contributed by atoms with Gasteiger partial charge in [-0.25, -0.2) is 4.79 Å². The fourth-order valence-corrected chi connectivity index (χ4v) is 14.5. The van der Waals surface area contributed by atoms with Crippen LogP contribution < -0.4 is 52.3 Å². The van der Waals surface area contributed by atoms with Crippen molar-refractivity contribution in [2.45, 2.75) is 130 Å². The maximum atomic E-state index is 12.0. The van der Waals surface area contributed by atoms with Crippen molar-refractivity contribution in [1.29, 1.82) is 5.26 Å². The third-order valence-corrected chi connectivity index (χ3v) is 19.0. The molecule has 3 aliphatic rings. The number of hydrogen-bond donors (Lipinski definition) is 1. The van der Waals surface area contributed by atoms with Gasteiger partial charge in [0.25, 0.3) is 0 Å². The van der Waals surface area contributed by atoms with Crippen LogP contribution in [0.25, 0.3) is 47.8 Å². The second-order valence-electron chi connectivity index (χ2n) is 21.7. The zero-order valence-electron chi connectivity index (χ0n) is 50.6. The molecule has 0 aliphatic carbocycles. The molecule has 6 heterocycles. The molecule has 3 aliphatic heterocycles. The number of nitrogens with zero attached hydrogens (tertiary/aromatic N) is 2. The van der Waals surface area contributed by atoms with Crippen molar-refractivity contribution in [2.75, 3.05) is 71.0 Å². The fraction of sp³-hybridized carbons (Fsp3) is 0.429. The minimum atomic E-state index is -1.33. The van der Waals surface area contributed by atoms with Crippen LogP contribution >= 0.6 is 34.0 Å². The molecule has 460 valence electrons. The molecule has 0 atom stereocenters. The van der Waals surface area contributed by atoms with E-state index in [2.05, 4.69) is 93.3 Å². The van der Waals surface area contributed by atoms with E-state index in [1.807, 2.05) is 24.3 Å². The molecular formula is C70H80N2O12S3. The Bertz CT molecular complexity index is 3350. The molecule has 17 heteroatoms. The SMILES string of the molecule is CCCCCCOc1ccc(-c2ccc(N(c3ccc(-c4ccc(OCCCCCC)cc4OCCCCCC)cc3)c3sc(-c4sc(-c5sc(/C=C(\C#N)C(=O)O)c6c5OCCO6)c5c4OCCO5)c4c3OCCO4)cc2)c(OCCCCCC)c1. The topological polar surface area (TPSA) is 157 Å². The van der Waals surface area contributed by atoms with E-state index in [1.54, 1.807) is 6.07 Å². The fourth-order valence-electron chi connectivity index (χ4n) is 10.7. The first-order valence-electron chi connectivity index (χ1n) is 31.2. The number of benzene rings is 4. The van der Waals surface area contributed by atoms with E-state index in [0.717, 1.165) is 140 Å². The van der Waals surface area contributed by atoms with Crippen molar-refractivity contribution in [1.82, 2.24) is 0 Å². The molecule has 7 aromatic rings. The number of carbonyl (C=O) groups is 1. The molecule has 87 heavy (non-hydrogen) atoms. The molecular weight excluding hydrogens is 1160 g/mol. The van der Waals surface area contributed by atoms with Crippen molar-refractivity contribution in [3.63, 3.8) is 0 Å². The molecule has 14 nitrogen and oxygen atoms in total. The molecule has 0 spiro atoms. The second kappa shape index (κ2) is 31.4. The van der Waals surface area contributed by atoms with Gasteiger partial charge < -0.3 is 52.5 Å². The highest BCUT2D eigenvalue weighted by molar-refractivity contribution is 7.28. The maximum absolute atomic E-state index is 12.0. The van der Waals surface area contributed by atoms with Gasteiger partial charge in [0.15, 0.2) is 34.5 Å². The van der Waals surface area contributed by atoms with Gasteiger partial charge in [-0.1, -0.05) is 129 Å². The van der Waals surface area contributed by atoms with Gasteiger partial charge in [0, 0.05) is 34.6 Å². The Hall–Kier alpha value is -7.52. The molecule has 0 bridgehead atoms. The molecule has 3 aromatic heterocycles. The second-order valence-corrected chi connectivity index (χ2v) is 24.8. The molecule has 0 saturated heterocycles. The predicted molar refractivity (Wildman–Crippen MR) is 349 cm³/mol. The van der Waals surface area contributed by atoms with Crippen molar-refractivity contribution in [3.8, 4) is 105 Å². The first kappa shape index (κ1) is 62.5. The van der Waals surface area contributed by atoms with E-state index >= 15 is 0 Å². The van der Waals surface area contributed by atoms with Crippen molar-refractivity contribution in [3.05, 3.63) is 95.4 Å². The highest BCUT2D eigenvalue weighted by Crippen LogP contribution is 2.65. The normalized spacial score (nSPS) is 13.3. The van der Waals surface area contributed by atoms with Crippen LogP contribution in [0, 0.1) is 11.3 Å². The van der Waals surface area contributed by atoms with E-state index in [-0.39, 0.29) is 13.2 Å². The monoisotopic (exact) mass is 1240 g/mol. The molecule has 4 aromatic carbocycles. The number of anilines is 3. The Morgan fingerprint density at radius 2 is 0.862 bits per heavy atom. The van der Waals surface area contributed by atoms with Crippen LogP contribution in [0.4, 0.5) is 16.4 Å². The highest BCUT2D eigenvalue weighted by Gasteiger charge is 2.38. The van der Waals surface area contributed by atoms with Gasteiger partial charge in [0.2, 0.25) is 0 Å². The number of rotatable bonds is 33. The number of aliphatic carboxylic acids is 1. The Labute approximate surface area is 524 Å². The average molecular weight is 1240 g/mol. The van der Waals surface area contributed by atoms with Crippen LogP contribution in [-0.2, 0) is 4.79 Å². The number of carboxylic acid groups (broad SMARTS) is 1. The highest BCUT2D eigenvalue weighted by atomic mass is 32.1. The van der Waals surface area contributed by atoms with Crippen LogP contribution in [0.2, 0.25) is 0 Å². The number of hydrogen-bond acceptors (Lipinski definition) is 16. The van der Waals surface area contributed by atoms with Crippen molar-refractivity contribution >= 4 is 62.4 Å². The quantitative estimate of drug-likeness (QED) is 0.0235. The summed E-state index contributed by atoms with van der Waals surface area (Å²) in [7, 11) is 0. The number of unbranched alkanes of at least 4 members (excludes halogenated alkanes) is 12. The van der Waals surface area contributed by atoms with Gasteiger partial charge in [-0.2, -0.15) is 5.26 Å². The Morgan fingerprint density at radius 1 is 0.483 bits per heavy atom. The molecule has 0 radical (unpaired) electrons. The van der Waals surface area contributed by atoms with Crippen LogP contribution in [0.5, 0.6) is 57.5 Å². The standard InChI is InChI=1S/C70H80N2O12S3/c1-5-9-13-17-33-75-52-29-31-54(56(44-52)77-35-19-15-11-7-3)47-21-25-50(26-22-47)72(51-27-23-48(24-28-51)55-32-30-53(76-34-18-14-10-6-2)45-57(55)78-36-20-16-12-8-4)69-64-63(83-41-42-84-64)68(87-69)67-62-61(81-39-40-82-62)66(86-67)65-60-59(79-37-38-80-60)58(85-65)43-49(46-71)70(73)74/h21-32,43-45H,5-20,33-42H2,1-4H3,(H,73,74)/b49-43+. The molecule has 10 rings (SSSR count). The summed E-state index contributed by atoms with van der Waals surface area (Å²) < 4.78 is 64.5. The summed E-state index contributed by atoms with van der Waals surface area (Å²) in [6.07, 6.45) is 19.2. The first-order chi connectivity index (χ1) is 42.8. The Balaban J connectivity index is 1.06. The van der Waals surface area contributed by atoms with Crippen LogP contribution in [0.15, 0.2) is 90.5 Å². The zero-order chi connectivity index (χ0) is 60.3. The summed E-state index contributed by atoms with van der Waals surface area (Å²) in [5, 5.41) is 20.4. The summed E-state index contributed by atoms with van der Waals surface area (Å²) in [6.45, 7) is 13.3. The lowest BCUT2D eigenvalue weighted by Gasteiger charge is -2.26. The summed E-state index contributed by atoms with van der Waals surface area (Å²) in [4.78, 5) is 17.7. The van der Waals surface area contributed by atoms with E-state index < -0.39 is 11.5 Å². The number of nitriles is 1. The number of fused-ring (bicyclic) bond motifs is 3. The first-order valence-corrected chi connectivity index (χ1v) is 33.7. The van der Waals surface area contributed by atoms with Gasteiger partial charge >= 0.3 is 5.97 Å². The number of thiophene rings is 3. The smallest absolute Gasteiger partial charge is 0.346 e. The summed E-state index contributed by atoms with van der Waals surface area (Å²) in [5.74, 6) is 4.97. The lowest BCUT2D eigenvalue weighted by Crippen LogP contribution is -2.17. The number of ether oxygens (including phenoxy) is 10. The molecule has 0 amide bonds. The summed E-state index contributed by atoms with van der Waals surface area (Å²) in [6, 6.07) is 31.4. The molecule has 0 saturated carbocycles. The van der Waals surface area contributed by atoms with E-state index in [4.69, 9.17) is 47.4 Å². The van der Waals surface area contributed by atoms with E-state index in [0.29, 0.717) is 97.1 Å². The molecule has 0 fully saturated rings. The molecule has 1 N–H and O–H groups in total. The van der Waals surface area contributed by atoms with Gasteiger partial charge in [-0.05, 0) is 91.4 Å². The van der Waals surface area contributed by atoms with Crippen LogP contribution in [0.1, 0.15) is 135 Å². The average Bonchev–Trinajstić information content (AvgIpc) is 1.77. The van der Waals surface area contributed by atoms with Crippen molar-refractivity contribution in [2.24, 2.45) is 0 Å². The lowest BCUT2D eigenvalue weighted by molar-refractivity contribution is -0.132. The zero-order valence-corrected chi connectivity index (χ0v) is 53.1. The van der Waals surface area contributed by atoms with Crippen LogP contribution in [-0.4, -0.2) is 77.1 Å². The molecule has 0 unspecified atom stereocenters. The largest absolute Gasteiger partial charge is 0.493 e. The van der Waals surface area contributed by atoms with Gasteiger partial charge in [-0.15, -0.1) is 34.0 Å². The minimum absolute atomic E-state index is 0.267. The minimum Gasteiger partial charge on any atom is -0.493 e. The van der Waals surface area contributed by atoms with Gasteiger partial charge in [0.05, 0.1) is 50.8 Å². The van der Waals surface area contributed by atoms with Gasteiger partial charge in [-0.3, -0.25) is 4.90 Å². The lowest BCUT2D eigenvalue weighted by atomic mass is 10.0. The summed E-state index contributed by atoms with van der Waals surface area (Å²) in [5.41, 5.74) is 5.32. The Kier molecular flexibility index (Phi) is 22.6.